The molecule has 0 unspecified atom stereocenters. The molecule has 0 radical (unpaired) electrons. The number of rotatable bonds is 5. The standard InChI is InChI=1S/C16H21N5O3S2/c1-11(25-16-20-19-14-5-3-2-4-10-21(14)16)15(22)18-12-6-8-13(9-7-12)26(17,23)24/h6-9,11H,2-5,10H2,1H3,(H,18,22)(H2,17,23,24)/t11-/m1/s1. The Hall–Kier alpha value is -1.91. The van der Waals surface area contributed by atoms with E-state index in [-0.39, 0.29) is 16.1 Å². The molecular weight excluding hydrogens is 374 g/mol. The third kappa shape index (κ3) is 4.43. The molecule has 3 rings (SSSR count). The molecule has 3 N–H and O–H groups in total. The number of nitrogens with two attached hydrogens (primary N) is 1. The molecule has 10 heteroatoms. The number of aromatic nitrogens is 3. The summed E-state index contributed by atoms with van der Waals surface area (Å²) in [5, 5.41) is 16.7. The van der Waals surface area contributed by atoms with Gasteiger partial charge in [0.15, 0.2) is 5.16 Å². The predicted molar refractivity (Wildman–Crippen MR) is 99.3 cm³/mol. The van der Waals surface area contributed by atoms with Crippen molar-refractivity contribution >= 4 is 33.4 Å². The lowest BCUT2D eigenvalue weighted by atomic mass is 10.2. The van der Waals surface area contributed by atoms with Crippen LogP contribution in [0.25, 0.3) is 0 Å². The lowest BCUT2D eigenvalue weighted by molar-refractivity contribution is -0.115. The largest absolute Gasteiger partial charge is 0.325 e. The molecule has 0 saturated carbocycles. The molecule has 140 valence electrons. The molecule has 0 aliphatic carbocycles. The fraction of sp³-hybridized carbons (Fsp3) is 0.438. The summed E-state index contributed by atoms with van der Waals surface area (Å²) in [5.41, 5.74) is 0.509. The molecule has 1 amide bonds. The van der Waals surface area contributed by atoms with Crippen LogP contribution in [-0.4, -0.2) is 34.3 Å². The van der Waals surface area contributed by atoms with E-state index in [1.807, 2.05) is 0 Å². The molecular formula is C16H21N5O3S2. The van der Waals surface area contributed by atoms with Gasteiger partial charge in [0.1, 0.15) is 5.82 Å². The summed E-state index contributed by atoms with van der Waals surface area (Å²) in [6.45, 7) is 2.69. The highest BCUT2D eigenvalue weighted by atomic mass is 32.2. The average molecular weight is 396 g/mol. The van der Waals surface area contributed by atoms with Crippen molar-refractivity contribution in [3.63, 3.8) is 0 Å². The van der Waals surface area contributed by atoms with E-state index in [4.69, 9.17) is 5.14 Å². The van der Waals surface area contributed by atoms with Gasteiger partial charge in [0, 0.05) is 18.7 Å². The van der Waals surface area contributed by atoms with Crippen LogP contribution in [0, 0.1) is 0 Å². The number of benzene rings is 1. The number of anilines is 1. The maximum atomic E-state index is 12.4. The van der Waals surface area contributed by atoms with Crippen LogP contribution < -0.4 is 10.5 Å². The van der Waals surface area contributed by atoms with Gasteiger partial charge < -0.3 is 9.88 Å². The van der Waals surface area contributed by atoms with Crippen molar-refractivity contribution in [2.24, 2.45) is 5.14 Å². The van der Waals surface area contributed by atoms with Gasteiger partial charge in [-0.25, -0.2) is 13.6 Å². The highest BCUT2D eigenvalue weighted by Crippen LogP contribution is 2.26. The Morgan fingerprint density at radius 2 is 1.96 bits per heavy atom. The molecule has 2 aromatic rings. The average Bonchev–Trinajstić information content (AvgIpc) is 2.81. The maximum Gasteiger partial charge on any atom is 0.238 e. The van der Waals surface area contributed by atoms with Crippen LogP contribution in [0.2, 0.25) is 0 Å². The Balaban J connectivity index is 1.64. The van der Waals surface area contributed by atoms with E-state index in [2.05, 4.69) is 20.1 Å². The van der Waals surface area contributed by atoms with E-state index >= 15 is 0 Å². The molecule has 8 nitrogen and oxygen atoms in total. The first-order chi connectivity index (χ1) is 12.3. The Morgan fingerprint density at radius 3 is 2.65 bits per heavy atom. The van der Waals surface area contributed by atoms with Crippen molar-refractivity contribution < 1.29 is 13.2 Å². The number of sulfonamides is 1. The first kappa shape index (κ1) is 18.9. The number of aryl methyl sites for hydroxylation is 1. The number of thioether (sulfide) groups is 1. The van der Waals surface area contributed by atoms with Crippen molar-refractivity contribution in [1.29, 1.82) is 0 Å². The first-order valence-electron chi connectivity index (χ1n) is 8.37. The Morgan fingerprint density at radius 1 is 1.23 bits per heavy atom. The van der Waals surface area contributed by atoms with Crippen molar-refractivity contribution in [3.8, 4) is 0 Å². The number of carbonyl (C=O) groups excluding carboxylic acids is 1. The second kappa shape index (κ2) is 7.77. The quantitative estimate of drug-likeness (QED) is 0.745. The van der Waals surface area contributed by atoms with E-state index in [1.165, 1.54) is 42.4 Å². The molecule has 0 spiro atoms. The number of amides is 1. The topological polar surface area (TPSA) is 120 Å². The lowest BCUT2D eigenvalue weighted by Gasteiger charge is -2.13. The van der Waals surface area contributed by atoms with Gasteiger partial charge in [-0.3, -0.25) is 4.79 Å². The second-order valence-corrected chi connectivity index (χ2v) is 9.05. The van der Waals surface area contributed by atoms with E-state index in [1.54, 1.807) is 6.92 Å². The highest BCUT2D eigenvalue weighted by Gasteiger charge is 2.21. The number of fused-ring (bicyclic) bond motifs is 1. The van der Waals surface area contributed by atoms with Crippen LogP contribution in [0.5, 0.6) is 0 Å². The molecule has 1 aliphatic rings. The molecule has 0 bridgehead atoms. The third-order valence-corrected chi connectivity index (χ3v) is 6.19. The zero-order chi connectivity index (χ0) is 18.7. The van der Waals surface area contributed by atoms with E-state index in [0.717, 1.165) is 36.8 Å². The predicted octanol–water partition coefficient (Wildman–Crippen LogP) is 1.77. The maximum absolute atomic E-state index is 12.4. The minimum absolute atomic E-state index is 0.00377. The summed E-state index contributed by atoms with van der Waals surface area (Å²) in [7, 11) is -3.75. The lowest BCUT2D eigenvalue weighted by Crippen LogP contribution is -2.23. The summed E-state index contributed by atoms with van der Waals surface area (Å²) in [5.74, 6) is 0.792. The van der Waals surface area contributed by atoms with E-state index in [9.17, 15) is 13.2 Å². The number of primary sulfonamides is 1. The third-order valence-electron chi connectivity index (χ3n) is 4.18. The molecule has 0 saturated heterocycles. The normalized spacial score (nSPS) is 15.8. The Labute approximate surface area is 156 Å². The summed E-state index contributed by atoms with van der Waals surface area (Å²) >= 11 is 1.37. The molecule has 2 heterocycles. The van der Waals surface area contributed by atoms with Crippen LogP contribution in [-0.2, 0) is 27.8 Å². The number of carbonyl (C=O) groups is 1. The fourth-order valence-electron chi connectivity index (χ4n) is 2.73. The van der Waals surface area contributed by atoms with Crippen LogP contribution in [0.15, 0.2) is 34.3 Å². The van der Waals surface area contributed by atoms with Crippen LogP contribution in [0.4, 0.5) is 5.69 Å². The summed E-state index contributed by atoms with van der Waals surface area (Å²) < 4.78 is 24.6. The van der Waals surface area contributed by atoms with Crippen molar-refractivity contribution in [2.45, 2.75) is 54.5 Å². The van der Waals surface area contributed by atoms with Gasteiger partial charge in [0.2, 0.25) is 15.9 Å². The Kier molecular flexibility index (Phi) is 5.64. The van der Waals surface area contributed by atoms with Gasteiger partial charge >= 0.3 is 0 Å². The molecule has 1 atom stereocenters. The first-order valence-corrected chi connectivity index (χ1v) is 10.8. The van der Waals surface area contributed by atoms with Crippen LogP contribution in [0.1, 0.15) is 32.0 Å². The van der Waals surface area contributed by atoms with Crippen molar-refractivity contribution in [1.82, 2.24) is 14.8 Å². The smallest absolute Gasteiger partial charge is 0.238 e. The molecule has 26 heavy (non-hydrogen) atoms. The molecule has 1 aromatic heterocycles. The SMILES string of the molecule is C[C@@H](Sc1nnc2n1CCCCC2)C(=O)Nc1ccc(S(N)(=O)=O)cc1. The van der Waals surface area contributed by atoms with Gasteiger partial charge in [-0.2, -0.15) is 0 Å². The summed E-state index contributed by atoms with van der Waals surface area (Å²) in [6, 6.07) is 5.75. The number of hydrogen-bond donors (Lipinski definition) is 2. The number of hydrogen-bond acceptors (Lipinski definition) is 6. The molecule has 1 aromatic carbocycles. The van der Waals surface area contributed by atoms with Gasteiger partial charge in [0.05, 0.1) is 10.1 Å². The minimum atomic E-state index is -3.75. The van der Waals surface area contributed by atoms with Gasteiger partial charge in [0.25, 0.3) is 0 Å². The molecule has 0 fully saturated rings. The van der Waals surface area contributed by atoms with Crippen molar-refractivity contribution in [3.05, 3.63) is 30.1 Å². The highest BCUT2D eigenvalue weighted by molar-refractivity contribution is 8.00. The van der Waals surface area contributed by atoms with Crippen LogP contribution >= 0.6 is 11.8 Å². The van der Waals surface area contributed by atoms with Crippen LogP contribution in [0.3, 0.4) is 0 Å². The monoisotopic (exact) mass is 395 g/mol. The zero-order valence-corrected chi connectivity index (χ0v) is 16.0. The van der Waals surface area contributed by atoms with Gasteiger partial charge in [-0.1, -0.05) is 18.2 Å². The zero-order valence-electron chi connectivity index (χ0n) is 14.4. The van der Waals surface area contributed by atoms with E-state index < -0.39 is 10.0 Å². The van der Waals surface area contributed by atoms with Gasteiger partial charge in [-0.05, 0) is 44.0 Å². The summed E-state index contributed by atoms with van der Waals surface area (Å²) in [4.78, 5) is 12.4. The van der Waals surface area contributed by atoms with Gasteiger partial charge in [-0.15, -0.1) is 10.2 Å². The number of nitrogens with one attached hydrogen (secondary N) is 1. The molecule has 1 aliphatic heterocycles. The summed E-state index contributed by atoms with van der Waals surface area (Å²) in [6.07, 6.45) is 4.31. The minimum Gasteiger partial charge on any atom is -0.325 e. The number of nitrogens with zero attached hydrogens (tertiary/aromatic N) is 3. The fourth-order valence-corrected chi connectivity index (χ4v) is 4.14. The van der Waals surface area contributed by atoms with E-state index in [0.29, 0.717) is 5.69 Å². The second-order valence-electron chi connectivity index (χ2n) is 6.18. The van der Waals surface area contributed by atoms with Crippen molar-refractivity contribution in [2.75, 3.05) is 5.32 Å². The Bertz CT molecular complexity index is 893.